The predicted molar refractivity (Wildman–Crippen MR) is 184 cm³/mol. The van der Waals surface area contributed by atoms with Gasteiger partial charge in [0, 0.05) is 63.0 Å². The van der Waals surface area contributed by atoms with E-state index in [1.165, 1.54) is 0 Å². The van der Waals surface area contributed by atoms with Crippen LogP contribution in [0, 0.1) is 17.8 Å². The molecule has 0 bridgehead atoms. The maximum absolute atomic E-state index is 14.2. The van der Waals surface area contributed by atoms with Crippen LogP contribution in [0.4, 0.5) is 4.79 Å². The van der Waals surface area contributed by atoms with E-state index >= 15 is 0 Å². The Kier molecular flexibility index (Phi) is 12.3. The number of carbonyl (C=O) groups excluding carboxylic acids is 3. The van der Waals surface area contributed by atoms with E-state index in [0.717, 1.165) is 48.3 Å². The van der Waals surface area contributed by atoms with Crippen molar-refractivity contribution >= 4 is 17.9 Å². The first-order valence-electron chi connectivity index (χ1n) is 17.3. The Morgan fingerprint density at radius 2 is 1.62 bits per heavy atom. The van der Waals surface area contributed by atoms with E-state index < -0.39 is 28.9 Å². The molecule has 3 amide bonds. The van der Waals surface area contributed by atoms with Gasteiger partial charge in [-0.15, -0.1) is 0 Å². The van der Waals surface area contributed by atoms with Crippen LogP contribution in [-0.2, 0) is 24.5 Å². The molecule has 0 radical (unpaired) electrons. The second kappa shape index (κ2) is 16.0. The number of benzene rings is 2. The average Bonchev–Trinajstić information content (AvgIpc) is 3.04. The normalized spacial score (nSPS) is 18.5. The lowest BCUT2D eigenvalue weighted by atomic mass is 9.69. The van der Waals surface area contributed by atoms with E-state index in [9.17, 15) is 14.4 Å². The summed E-state index contributed by atoms with van der Waals surface area (Å²) in [5.41, 5.74) is 0.844. The van der Waals surface area contributed by atoms with Gasteiger partial charge in [-0.2, -0.15) is 0 Å². The van der Waals surface area contributed by atoms with Crippen LogP contribution in [-0.4, -0.2) is 79.7 Å². The molecule has 2 atom stereocenters. The number of fused-ring (bicyclic) bond motifs is 2. The van der Waals surface area contributed by atoms with Crippen LogP contribution in [0.15, 0.2) is 48.5 Å². The molecular formula is C38H55N3O6. The van der Waals surface area contributed by atoms with Crippen molar-refractivity contribution in [2.75, 3.05) is 46.4 Å². The van der Waals surface area contributed by atoms with Crippen LogP contribution < -0.4 is 10.1 Å². The molecule has 1 saturated heterocycles. The Morgan fingerprint density at radius 1 is 1.00 bits per heavy atom. The van der Waals surface area contributed by atoms with Gasteiger partial charge in [0.25, 0.3) is 0 Å². The highest BCUT2D eigenvalue weighted by atomic mass is 16.6. The first kappa shape index (κ1) is 36.2. The topological polar surface area (TPSA) is 97.4 Å². The minimum atomic E-state index is -0.697. The zero-order valence-corrected chi connectivity index (χ0v) is 29.5. The van der Waals surface area contributed by atoms with E-state index in [0.29, 0.717) is 38.6 Å². The lowest BCUT2D eigenvalue weighted by Crippen LogP contribution is -2.54. The number of nitrogens with zero attached hydrogens (tertiary/aromatic N) is 2. The fourth-order valence-corrected chi connectivity index (χ4v) is 6.81. The van der Waals surface area contributed by atoms with Gasteiger partial charge in [-0.3, -0.25) is 9.59 Å². The molecule has 9 heteroatoms. The summed E-state index contributed by atoms with van der Waals surface area (Å²) in [7, 11) is 1.71. The smallest absolute Gasteiger partial charge is 0.410 e. The number of nitrogens with one attached hydrogen (secondary N) is 1. The third-order valence-corrected chi connectivity index (χ3v) is 9.28. The summed E-state index contributed by atoms with van der Waals surface area (Å²) in [5.74, 6) is 0.791. The van der Waals surface area contributed by atoms with Crippen LogP contribution >= 0.6 is 0 Å². The summed E-state index contributed by atoms with van der Waals surface area (Å²) in [6.07, 6.45) is 3.33. The van der Waals surface area contributed by atoms with Crippen molar-refractivity contribution in [1.82, 2.24) is 15.1 Å². The van der Waals surface area contributed by atoms with Crippen LogP contribution in [0.25, 0.3) is 0 Å². The minimum Gasteiger partial charge on any atom is -0.457 e. The van der Waals surface area contributed by atoms with Gasteiger partial charge >= 0.3 is 6.09 Å². The number of likely N-dealkylation sites (tertiary alicyclic amines) is 1. The highest BCUT2D eigenvalue weighted by Crippen LogP contribution is 2.50. The van der Waals surface area contributed by atoms with E-state index in [1.807, 2.05) is 69.0 Å². The largest absolute Gasteiger partial charge is 0.457 e. The lowest BCUT2D eigenvalue weighted by Gasteiger charge is -2.42. The molecule has 258 valence electrons. The zero-order chi connectivity index (χ0) is 34.2. The van der Waals surface area contributed by atoms with Gasteiger partial charge in [0.15, 0.2) is 0 Å². The Labute approximate surface area is 281 Å². The molecule has 0 aromatic heterocycles. The van der Waals surface area contributed by atoms with Gasteiger partial charge < -0.3 is 29.3 Å². The first-order valence-corrected chi connectivity index (χ1v) is 17.3. The molecule has 9 nitrogen and oxygen atoms in total. The average molecular weight is 650 g/mol. The van der Waals surface area contributed by atoms with E-state index in [1.54, 1.807) is 12.0 Å². The fraction of sp³-hybridized carbons (Fsp3) is 0.605. The Hall–Kier alpha value is -3.59. The molecule has 0 spiro atoms. The number of unbranched alkanes of at least 4 members (excludes halogenated alkanes) is 1. The highest BCUT2D eigenvalue weighted by molar-refractivity contribution is 5.84. The van der Waals surface area contributed by atoms with Crippen molar-refractivity contribution in [3.8, 4) is 11.5 Å². The van der Waals surface area contributed by atoms with Gasteiger partial charge in [-0.05, 0) is 77.8 Å². The second-order valence-corrected chi connectivity index (χ2v) is 14.5. The van der Waals surface area contributed by atoms with Crippen molar-refractivity contribution < 1.29 is 28.6 Å². The molecule has 2 aliphatic heterocycles. The lowest BCUT2D eigenvalue weighted by molar-refractivity contribution is -0.139. The molecule has 0 aliphatic carbocycles. The second-order valence-electron chi connectivity index (χ2n) is 14.5. The monoisotopic (exact) mass is 649 g/mol. The van der Waals surface area contributed by atoms with E-state index in [2.05, 4.69) is 31.3 Å². The molecule has 2 aromatic rings. The Bertz CT molecular complexity index is 1320. The van der Waals surface area contributed by atoms with Crippen molar-refractivity contribution in [1.29, 1.82) is 0 Å². The quantitative estimate of drug-likeness (QED) is 0.240. The van der Waals surface area contributed by atoms with Gasteiger partial charge in [0.05, 0.1) is 11.8 Å². The number of hydrogen-bond acceptors (Lipinski definition) is 6. The number of para-hydroxylation sites is 2. The van der Waals surface area contributed by atoms with Crippen LogP contribution in [0.2, 0.25) is 0 Å². The van der Waals surface area contributed by atoms with Gasteiger partial charge in [0.1, 0.15) is 17.1 Å². The molecule has 47 heavy (non-hydrogen) atoms. The predicted octanol–water partition coefficient (Wildman–Crippen LogP) is 6.78. The van der Waals surface area contributed by atoms with Crippen LogP contribution in [0.1, 0.15) is 84.8 Å². The first-order chi connectivity index (χ1) is 22.4. The molecule has 1 N–H and O–H groups in total. The van der Waals surface area contributed by atoms with Gasteiger partial charge in [-0.25, -0.2) is 4.79 Å². The molecule has 0 saturated carbocycles. The van der Waals surface area contributed by atoms with Gasteiger partial charge in [-0.1, -0.05) is 50.2 Å². The molecule has 2 aliphatic rings. The van der Waals surface area contributed by atoms with Crippen LogP contribution in [0.3, 0.4) is 0 Å². The minimum absolute atomic E-state index is 0.0129. The summed E-state index contributed by atoms with van der Waals surface area (Å²) in [6, 6.07) is 16.1. The molecule has 0 unspecified atom stereocenters. The molecular weight excluding hydrogens is 594 g/mol. The van der Waals surface area contributed by atoms with Crippen molar-refractivity contribution in [2.45, 2.75) is 84.7 Å². The maximum Gasteiger partial charge on any atom is 0.410 e. The van der Waals surface area contributed by atoms with Crippen molar-refractivity contribution in [2.24, 2.45) is 17.8 Å². The van der Waals surface area contributed by atoms with Gasteiger partial charge in [0.2, 0.25) is 11.8 Å². The third kappa shape index (κ3) is 9.06. The molecule has 1 fully saturated rings. The molecule has 2 heterocycles. The summed E-state index contributed by atoms with van der Waals surface area (Å²) in [6.45, 7) is 14.4. The number of carbonyl (C=O) groups is 3. The Balaban J connectivity index is 1.62. The number of rotatable bonds is 13. The van der Waals surface area contributed by atoms with E-state index in [4.69, 9.17) is 14.2 Å². The summed E-state index contributed by atoms with van der Waals surface area (Å²) in [4.78, 5) is 44.8. The summed E-state index contributed by atoms with van der Waals surface area (Å²) >= 11 is 0. The number of amides is 3. The van der Waals surface area contributed by atoms with Crippen molar-refractivity contribution in [3.05, 3.63) is 59.7 Å². The summed E-state index contributed by atoms with van der Waals surface area (Å²) < 4.78 is 17.4. The highest BCUT2D eigenvalue weighted by Gasteiger charge is 2.44. The van der Waals surface area contributed by atoms with Crippen molar-refractivity contribution in [3.63, 3.8) is 0 Å². The zero-order valence-electron chi connectivity index (χ0n) is 29.5. The number of piperidine rings is 1. The molecule has 4 rings (SSSR count). The summed E-state index contributed by atoms with van der Waals surface area (Å²) in [5, 5.41) is 3.31. The standard InChI is InChI=1S/C38H55N3O6/c1-8-40(21-19-27(2)3)35(43)29-23-28(24-41(25-29)36(44)47-37(4,5)6)34(42)39-26-38(20-13-14-22-45-7)30-15-9-11-17-32(30)46-33-18-12-10-16-31(33)38/h9-12,15-18,27-29H,8,13-14,19-26H2,1-7H3,(H,39,42)/t28-,29+/m0/s1. The third-order valence-electron chi connectivity index (χ3n) is 9.28. The molecule has 2 aromatic carbocycles. The number of hydrogen-bond donors (Lipinski definition) is 1. The number of methoxy groups -OCH3 is 1. The fourth-order valence-electron chi connectivity index (χ4n) is 6.81. The number of ether oxygens (including phenoxy) is 3. The maximum atomic E-state index is 14.2. The van der Waals surface area contributed by atoms with Crippen LogP contribution in [0.5, 0.6) is 11.5 Å². The Morgan fingerprint density at radius 3 is 2.19 bits per heavy atom. The van der Waals surface area contributed by atoms with E-state index in [-0.39, 0.29) is 24.9 Å². The SMILES string of the molecule is CCN(CCC(C)C)C(=O)[C@@H]1C[C@H](C(=O)NCC2(CCCCOC)c3ccccc3Oc3ccccc32)CN(C(=O)OC(C)(C)C)C1.